The van der Waals surface area contributed by atoms with E-state index in [4.69, 9.17) is 24.3 Å². The van der Waals surface area contributed by atoms with Gasteiger partial charge in [-0.3, -0.25) is 0 Å². The predicted octanol–water partition coefficient (Wildman–Crippen LogP) is 2.85. The number of methoxy groups -OCH3 is 1. The SMILES string of the molecule is CNCC(O)COc1cc(OC)cc(-c2cc(N3CC4OC5CCC54C3)n3ncc(C(C)C)c3n2)c1. The van der Waals surface area contributed by atoms with Crippen LogP contribution in [0.2, 0.25) is 0 Å². The van der Waals surface area contributed by atoms with Crippen molar-refractivity contribution >= 4 is 11.5 Å². The number of nitrogens with zero attached hydrogens (tertiary/aromatic N) is 4. The molecule has 6 rings (SSSR count). The van der Waals surface area contributed by atoms with Crippen molar-refractivity contribution in [1.82, 2.24) is 19.9 Å². The molecule has 1 aromatic carbocycles. The molecule has 2 aromatic heterocycles. The molecular formula is C27H35N5O4. The smallest absolute Gasteiger partial charge is 0.161 e. The van der Waals surface area contributed by atoms with Crippen LogP contribution in [0.25, 0.3) is 16.9 Å². The Morgan fingerprint density at radius 1 is 1.22 bits per heavy atom. The summed E-state index contributed by atoms with van der Waals surface area (Å²) < 4.78 is 19.6. The highest BCUT2D eigenvalue weighted by Gasteiger charge is 2.66. The Balaban J connectivity index is 1.40. The zero-order valence-corrected chi connectivity index (χ0v) is 21.4. The number of fused-ring (bicyclic) bond motifs is 1. The highest BCUT2D eigenvalue weighted by molar-refractivity contribution is 5.71. The molecular weight excluding hydrogens is 458 g/mol. The number of ether oxygens (including phenoxy) is 3. The molecule has 0 radical (unpaired) electrons. The number of aromatic nitrogens is 3. The van der Waals surface area contributed by atoms with Crippen LogP contribution in [0.3, 0.4) is 0 Å². The number of hydrogen-bond donors (Lipinski definition) is 2. The first-order valence-electron chi connectivity index (χ1n) is 12.9. The predicted molar refractivity (Wildman–Crippen MR) is 137 cm³/mol. The molecule has 1 saturated carbocycles. The maximum absolute atomic E-state index is 10.1. The Hall–Kier alpha value is -2.88. The van der Waals surface area contributed by atoms with Crippen molar-refractivity contribution in [2.45, 2.75) is 50.9 Å². The van der Waals surface area contributed by atoms with Crippen molar-refractivity contribution in [3.63, 3.8) is 0 Å². The summed E-state index contributed by atoms with van der Waals surface area (Å²) >= 11 is 0. The van der Waals surface area contributed by atoms with Gasteiger partial charge >= 0.3 is 0 Å². The van der Waals surface area contributed by atoms with Crippen LogP contribution >= 0.6 is 0 Å². The number of rotatable bonds is 9. The number of hydrogen-bond acceptors (Lipinski definition) is 8. The first-order valence-corrected chi connectivity index (χ1v) is 12.9. The van der Waals surface area contributed by atoms with E-state index in [2.05, 4.69) is 30.1 Å². The highest BCUT2D eigenvalue weighted by Crippen LogP contribution is 2.59. The van der Waals surface area contributed by atoms with Gasteiger partial charge in [0.05, 0.1) is 31.2 Å². The molecule has 1 spiro atoms. The van der Waals surface area contributed by atoms with Crippen molar-refractivity contribution in [2.75, 3.05) is 45.3 Å². The Bertz CT molecular complexity index is 1280. The third kappa shape index (κ3) is 3.72. The summed E-state index contributed by atoms with van der Waals surface area (Å²) in [6.45, 7) is 6.85. The summed E-state index contributed by atoms with van der Waals surface area (Å²) in [5, 5.41) is 17.8. The van der Waals surface area contributed by atoms with E-state index in [0.717, 1.165) is 41.4 Å². The molecule has 9 nitrogen and oxygen atoms in total. The van der Waals surface area contributed by atoms with Crippen molar-refractivity contribution < 1.29 is 19.3 Å². The minimum Gasteiger partial charge on any atom is -0.497 e. The van der Waals surface area contributed by atoms with Gasteiger partial charge in [0.15, 0.2) is 5.65 Å². The lowest BCUT2D eigenvalue weighted by Gasteiger charge is -2.59. The summed E-state index contributed by atoms with van der Waals surface area (Å²) in [6.07, 6.45) is 4.49. The quantitative estimate of drug-likeness (QED) is 0.470. The zero-order valence-electron chi connectivity index (χ0n) is 21.4. The average molecular weight is 494 g/mol. The fraction of sp³-hybridized carbons (Fsp3) is 0.556. The largest absolute Gasteiger partial charge is 0.497 e. The van der Waals surface area contributed by atoms with Gasteiger partial charge in [-0.1, -0.05) is 13.8 Å². The summed E-state index contributed by atoms with van der Waals surface area (Å²) in [7, 11) is 3.44. The van der Waals surface area contributed by atoms with Gasteiger partial charge < -0.3 is 29.5 Å². The maximum atomic E-state index is 10.1. The molecule has 3 aromatic rings. The van der Waals surface area contributed by atoms with Crippen molar-refractivity contribution in [2.24, 2.45) is 5.41 Å². The minimum absolute atomic E-state index is 0.184. The van der Waals surface area contributed by atoms with Crippen molar-refractivity contribution in [1.29, 1.82) is 0 Å². The molecule has 9 heteroatoms. The Kier molecular flexibility index (Phi) is 5.81. The van der Waals surface area contributed by atoms with Crippen LogP contribution in [0.1, 0.15) is 38.2 Å². The second kappa shape index (κ2) is 8.90. The molecule has 3 fully saturated rings. The van der Waals surface area contributed by atoms with Gasteiger partial charge in [-0.25, -0.2) is 4.98 Å². The van der Waals surface area contributed by atoms with E-state index in [1.807, 2.05) is 28.9 Å². The number of benzene rings is 1. The normalized spacial score (nSPS) is 25.3. The number of aliphatic hydroxyl groups excluding tert-OH is 1. The molecule has 0 amide bonds. The fourth-order valence-electron chi connectivity index (χ4n) is 5.92. The second-order valence-electron chi connectivity index (χ2n) is 10.7. The van der Waals surface area contributed by atoms with Crippen LogP contribution < -0.4 is 19.7 Å². The number of likely N-dealkylation sites (N-methyl/N-ethyl adjacent to an activating group) is 1. The molecule has 2 N–H and O–H groups in total. The molecule has 2 saturated heterocycles. The molecule has 4 atom stereocenters. The number of aliphatic hydroxyl groups is 1. The van der Waals surface area contributed by atoms with E-state index < -0.39 is 6.10 Å². The van der Waals surface area contributed by atoms with Gasteiger partial charge in [-0.05, 0) is 37.9 Å². The van der Waals surface area contributed by atoms with Crippen LogP contribution in [0, 0.1) is 5.41 Å². The monoisotopic (exact) mass is 493 g/mol. The van der Waals surface area contributed by atoms with E-state index in [1.54, 1.807) is 14.2 Å². The standard InChI is InChI=1S/C27H35N5O4/c1-16(2)21-12-29-32-25(31-13-24-27(15-31)6-5-23(27)36-24)10-22(30-26(21)32)17-7-19(34-4)9-20(8-17)35-14-18(33)11-28-3/h7-10,12,16,18,23-24,28,33H,5-6,11,13-15H2,1-4H3. The maximum Gasteiger partial charge on any atom is 0.161 e. The first kappa shape index (κ1) is 23.5. The molecule has 4 heterocycles. The number of nitrogens with one attached hydrogen (secondary N) is 1. The molecule has 3 aliphatic rings. The van der Waals surface area contributed by atoms with Gasteiger partial charge in [0.2, 0.25) is 0 Å². The fourth-order valence-corrected chi connectivity index (χ4v) is 5.92. The van der Waals surface area contributed by atoms with Crippen LogP contribution in [0.4, 0.5) is 5.82 Å². The van der Waals surface area contributed by atoms with Gasteiger partial charge in [-0.15, -0.1) is 0 Å². The average Bonchev–Trinajstić information content (AvgIpc) is 3.46. The van der Waals surface area contributed by atoms with Crippen molar-refractivity contribution in [3.05, 3.63) is 36.0 Å². The van der Waals surface area contributed by atoms with Gasteiger partial charge in [0.1, 0.15) is 30.0 Å². The molecule has 192 valence electrons. The Morgan fingerprint density at radius 2 is 2.06 bits per heavy atom. The first-order chi connectivity index (χ1) is 17.4. The second-order valence-corrected chi connectivity index (χ2v) is 10.7. The van der Waals surface area contributed by atoms with E-state index in [-0.39, 0.29) is 6.61 Å². The topological polar surface area (TPSA) is 93.4 Å². The van der Waals surface area contributed by atoms with Crippen molar-refractivity contribution in [3.8, 4) is 22.8 Å². The van der Waals surface area contributed by atoms with Crippen LogP contribution in [0.5, 0.6) is 11.5 Å². The van der Waals surface area contributed by atoms with Crippen LogP contribution in [-0.2, 0) is 4.74 Å². The summed E-state index contributed by atoms with van der Waals surface area (Å²) in [6, 6.07) is 7.88. The van der Waals surface area contributed by atoms with Gasteiger partial charge in [0.25, 0.3) is 0 Å². The lowest BCUT2D eigenvalue weighted by Crippen LogP contribution is -2.65. The van der Waals surface area contributed by atoms with E-state index in [1.165, 1.54) is 12.8 Å². The molecule has 36 heavy (non-hydrogen) atoms. The molecule has 0 bridgehead atoms. The van der Waals surface area contributed by atoms with Crippen LogP contribution in [-0.4, -0.2) is 78.4 Å². The summed E-state index contributed by atoms with van der Waals surface area (Å²) in [5.41, 5.74) is 4.03. The van der Waals surface area contributed by atoms with Crippen LogP contribution in [0.15, 0.2) is 30.5 Å². The van der Waals surface area contributed by atoms with Gasteiger partial charge in [-0.2, -0.15) is 9.61 Å². The Labute approximate surface area is 211 Å². The van der Waals surface area contributed by atoms with Gasteiger partial charge in [0, 0.05) is 48.3 Å². The van der Waals surface area contributed by atoms with E-state index >= 15 is 0 Å². The molecule has 4 unspecified atom stereocenters. The molecule has 1 aliphatic carbocycles. The highest BCUT2D eigenvalue weighted by atomic mass is 16.5. The third-order valence-electron chi connectivity index (χ3n) is 8.07. The summed E-state index contributed by atoms with van der Waals surface area (Å²) in [5.74, 6) is 2.64. The lowest BCUT2D eigenvalue weighted by atomic mass is 9.60. The van der Waals surface area contributed by atoms with E-state index in [0.29, 0.717) is 41.6 Å². The zero-order chi connectivity index (χ0) is 25.0. The molecule has 2 aliphatic heterocycles. The Morgan fingerprint density at radius 3 is 2.72 bits per heavy atom. The lowest BCUT2D eigenvalue weighted by molar-refractivity contribution is -0.279. The minimum atomic E-state index is -0.603. The summed E-state index contributed by atoms with van der Waals surface area (Å²) in [4.78, 5) is 7.49. The number of anilines is 1. The van der Waals surface area contributed by atoms with E-state index in [9.17, 15) is 5.11 Å². The third-order valence-corrected chi connectivity index (χ3v) is 8.07.